The van der Waals surface area contributed by atoms with Crippen molar-refractivity contribution in [2.45, 2.75) is 31.8 Å². The molecule has 2 rings (SSSR count). The number of aliphatic hydroxyl groups is 1. The summed E-state index contributed by atoms with van der Waals surface area (Å²) in [6.07, 6.45) is 0. The Morgan fingerprint density at radius 3 is 2.71 bits per heavy atom. The zero-order valence-electron chi connectivity index (χ0n) is 12.3. The van der Waals surface area contributed by atoms with Crippen LogP contribution in [0, 0.1) is 13.8 Å². The molecule has 0 atom stereocenters. The Balaban J connectivity index is 2.35. The van der Waals surface area contributed by atoms with Crippen molar-refractivity contribution in [2.24, 2.45) is 0 Å². The standard InChI is InChI=1S/C13H19N3O3S2/c1-10-13(11(2)16(14-10)6-7-17)21(18,19)15(3)9-12-5-4-8-20-12/h4-5,8,17H,6-7,9H2,1-3H3. The van der Waals surface area contributed by atoms with E-state index in [1.54, 1.807) is 20.9 Å². The van der Waals surface area contributed by atoms with Crippen molar-refractivity contribution in [1.82, 2.24) is 14.1 Å². The Labute approximate surface area is 128 Å². The molecule has 0 amide bonds. The lowest BCUT2D eigenvalue weighted by Gasteiger charge is -2.16. The summed E-state index contributed by atoms with van der Waals surface area (Å²) < 4.78 is 28.3. The first-order chi connectivity index (χ1) is 9.87. The Bertz CT molecular complexity index is 705. The third-order valence-electron chi connectivity index (χ3n) is 3.25. The Morgan fingerprint density at radius 1 is 1.43 bits per heavy atom. The van der Waals surface area contributed by atoms with Gasteiger partial charge in [-0.2, -0.15) is 9.40 Å². The molecular weight excluding hydrogens is 310 g/mol. The molecule has 2 aromatic heterocycles. The van der Waals surface area contributed by atoms with Crippen LogP contribution in [0.1, 0.15) is 16.3 Å². The summed E-state index contributed by atoms with van der Waals surface area (Å²) in [4.78, 5) is 1.22. The Kier molecular flexibility index (Phi) is 4.82. The fraction of sp³-hybridized carbons (Fsp3) is 0.462. The molecule has 0 spiro atoms. The number of hydrogen-bond donors (Lipinski definition) is 1. The lowest BCUT2D eigenvalue weighted by Crippen LogP contribution is -2.27. The minimum atomic E-state index is -3.60. The molecule has 116 valence electrons. The van der Waals surface area contributed by atoms with Gasteiger partial charge in [0.15, 0.2) is 0 Å². The van der Waals surface area contributed by atoms with Gasteiger partial charge in [0.1, 0.15) is 4.90 Å². The van der Waals surface area contributed by atoms with Gasteiger partial charge in [-0.1, -0.05) is 6.07 Å². The molecule has 6 nitrogen and oxygen atoms in total. The van der Waals surface area contributed by atoms with Crippen molar-refractivity contribution in [3.63, 3.8) is 0 Å². The van der Waals surface area contributed by atoms with Crippen molar-refractivity contribution < 1.29 is 13.5 Å². The van der Waals surface area contributed by atoms with Crippen LogP contribution in [0.5, 0.6) is 0 Å². The molecule has 0 aliphatic rings. The topological polar surface area (TPSA) is 75.4 Å². The highest BCUT2D eigenvalue weighted by Gasteiger charge is 2.28. The van der Waals surface area contributed by atoms with Crippen LogP contribution in [0.4, 0.5) is 0 Å². The molecule has 0 fully saturated rings. The first-order valence-electron chi connectivity index (χ1n) is 6.51. The Morgan fingerprint density at radius 2 is 2.14 bits per heavy atom. The quantitative estimate of drug-likeness (QED) is 0.868. The number of rotatable bonds is 6. The smallest absolute Gasteiger partial charge is 0.246 e. The number of aryl methyl sites for hydroxylation is 1. The average molecular weight is 329 g/mol. The van der Waals surface area contributed by atoms with E-state index in [4.69, 9.17) is 5.11 Å². The van der Waals surface area contributed by atoms with E-state index in [0.717, 1.165) is 4.88 Å². The molecule has 8 heteroatoms. The van der Waals surface area contributed by atoms with E-state index in [1.165, 1.54) is 20.3 Å². The summed E-state index contributed by atoms with van der Waals surface area (Å²) in [5.74, 6) is 0. The third-order valence-corrected chi connectivity index (χ3v) is 6.17. The van der Waals surface area contributed by atoms with Crippen LogP contribution in [-0.4, -0.2) is 41.3 Å². The van der Waals surface area contributed by atoms with Crippen molar-refractivity contribution in [1.29, 1.82) is 0 Å². The molecule has 0 aromatic carbocycles. The second-order valence-corrected chi connectivity index (χ2v) is 7.80. The van der Waals surface area contributed by atoms with Crippen LogP contribution in [0.2, 0.25) is 0 Å². The number of hydrogen-bond acceptors (Lipinski definition) is 5. The van der Waals surface area contributed by atoms with E-state index in [9.17, 15) is 8.42 Å². The highest BCUT2D eigenvalue weighted by Crippen LogP contribution is 2.24. The molecule has 0 unspecified atom stereocenters. The van der Waals surface area contributed by atoms with Gasteiger partial charge in [0.05, 0.1) is 24.5 Å². The van der Waals surface area contributed by atoms with Gasteiger partial charge in [0, 0.05) is 18.5 Å². The molecule has 2 heterocycles. The van der Waals surface area contributed by atoms with Crippen LogP contribution in [0.3, 0.4) is 0 Å². The second-order valence-electron chi connectivity index (χ2n) is 4.79. The highest BCUT2D eigenvalue weighted by molar-refractivity contribution is 7.89. The van der Waals surface area contributed by atoms with Gasteiger partial charge in [-0.05, 0) is 25.3 Å². The van der Waals surface area contributed by atoms with Gasteiger partial charge in [0.2, 0.25) is 10.0 Å². The van der Waals surface area contributed by atoms with Gasteiger partial charge in [-0.25, -0.2) is 8.42 Å². The molecule has 2 aromatic rings. The fourth-order valence-corrected chi connectivity index (χ4v) is 4.58. The lowest BCUT2D eigenvalue weighted by molar-refractivity contribution is 0.267. The summed E-state index contributed by atoms with van der Waals surface area (Å²) in [5.41, 5.74) is 1.01. The van der Waals surface area contributed by atoms with E-state index in [0.29, 0.717) is 17.9 Å². The van der Waals surface area contributed by atoms with Gasteiger partial charge >= 0.3 is 0 Å². The molecule has 0 saturated heterocycles. The third kappa shape index (κ3) is 3.18. The number of aromatic nitrogens is 2. The monoisotopic (exact) mass is 329 g/mol. The van der Waals surface area contributed by atoms with Crippen LogP contribution in [-0.2, 0) is 23.1 Å². The SMILES string of the molecule is Cc1nn(CCO)c(C)c1S(=O)(=O)N(C)Cc1cccs1. The number of nitrogens with zero attached hydrogens (tertiary/aromatic N) is 3. The minimum absolute atomic E-state index is 0.0769. The summed E-state index contributed by atoms with van der Waals surface area (Å²) in [7, 11) is -2.03. The van der Waals surface area contributed by atoms with Gasteiger partial charge in [-0.15, -0.1) is 11.3 Å². The molecule has 0 aliphatic carbocycles. The molecule has 0 bridgehead atoms. The second kappa shape index (κ2) is 6.27. The fourth-order valence-electron chi connectivity index (χ4n) is 2.23. The Hall–Kier alpha value is -1.22. The highest BCUT2D eigenvalue weighted by atomic mass is 32.2. The summed E-state index contributed by atoms with van der Waals surface area (Å²) in [6, 6.07) is 3.81. The summed E-state index contributed by atoms with van der Waals surface area (Å²) in [5, 5.41) is 15.1. The first kappa shape index (κ1) is 16.2. The van der Waals surface area contributed by atoms with Gasteiger partial charge in [-0.3, -0.25) is 4.68 Å². The number of sulfonamides is 1. The van der Waals surface area contributed by atoms with Gasteiger partial charge < -0.3 is 5.11 Å². The lowest BCUT2D eigenvalue weighted by atomic mass is 10.4. The predicted octanol–water partition coefficient (Wildman–Crippen LogP) is 1.37. The van der Waals surface area contributed by atoms with Crippen LogP contribution in [0.25, 0.3) is 0 Å². The van der Waals surface area contributed by atoms with E-state index in [2.05, 4.69) is 5.10 Å². The van der Waals surface area contributed by atoms with Crippen LogP contribution >= 0.6 is 11.3 Å². The maximum atomic E-state index is 12.7. The number of thiophene rings is 1. The maximum absolute atomic E-state index is 12.7. The molecule has 0 radical (unpaired) electrons. The van der Waals surface area contributed by atoms with Gasteiger partial charge in [0.25, 0.3) is 0 Å². The maximum Gasteiger partial charge on any atom is 0.246 e. The first-order valence-corrected chi connectivity index (χ1v) is 8.83. The van der Waals surface area contributed by atoms with E-state index in [-0.39, 0.29) is 18.0 Å². The van der Waals surface area contributed by atoms with Crippen molar-refractivity contribution in [3.05, 3.63) is 33.8 Å². The van der Waals surface area contributed by atoms with E-state index >= 15 is 0 Å². The molecule has 1 N–H and O–H groups in total. The zero-order chi connectivity index (χ0) is 15.6. The summed E-state index contributed by atoms with van der Waals surface area (Å²) in [6.45, 7) is 3.93. The van der Waals surface area contributed by atoms with Crippen LogP contribution in [0.15, 0.2) is 22.4 Å². The molecule has 21 heavy (non-hydrogen) atoms. The van der Waals surface area contributed by atoms with Crippen molar-refractivity contribution >= 4 is 21.4 Å². The average Bonchev–Trinajstić information content (AvgIpc) is 2.99. The molecular formula is C13H19N3O3S2. The minimum Gasteiger partial charge on any atom is -0.394 e. The normalized spacial score (nSPS) is 12.2. The largest absolute Gasteiger partial charge is 0.394 e. The van der Waals surface area contributed by atoms with E-state index in [1.807, 2.05) is 17.5 Å². The predicted molar refractivity (Wildman–Crippen MR) is 81.8 cm³/mol. The van der Waals surface area contributed by atoms with Crippen molar-refractivity contribution in [3.8, 4) is 0 Å². The molecule has 0 saturated carbocycles. The molecule has 0 aliphatic heterocycles. The zero-order valence-corrected chi connectivity index (χ0v) is 13.9. The summed E-state index contributed by atoms with van der Waals surface area (Å²) >= 11 is 1.52. The van der Waals surface area contributed by atoms with Crippen LogP contribution < -0.4 is 0 Å². The number of aliphatic hydroxyl groups excluding tert-OH is 1. The van der Waals surface area contributed by atoms with E-state index < -0.39 is 10.0 Å². The van der Waals surface area contributed by atoms with Crippen molar-refractivity contribution in [2.75, 3.05) is 13.7 Å².